The second-order valence-corrected chi connectivity index (χ2v) is 16.0. The molecular weight excluding hydrogens is 755 g/mol. The van der Waals surface area contributed by atoms with E-state index in [1.807, 2.05) is 36.4 Å². The smallest absolute Gasteiger partial charge is 0.238 e. The van der Waals surface area contributed by atoms with Crippen molar-refractivity contribution >= 4 is 75.9 Å². The summed E-state index contributed by atoms with van der Waals surface area (Å²) >= 11 is 0. The zero-order valence-corrected chi connectivity index (χ0v) is 33.4. The molecule has 0 amide bonds. The number of hydrogen-bond donors (Lipinski definition) is 0. The Kier molecular flexibility index (Phi) is 7.54. The standard InChI is InChI=1S/C57H35N5/c1-3-15-36(16-4-1)55-58-56(37-17-5-2-6-18-37)60-57(59-55)62-52-26-14-12-24-47(52)49-31-28-39(34-54(49)62)38-27-30-48-46-23-11-13-25-51(46)61(53(48)33-38)40-29-32-45-43-21-8-7-19-41(43)42-20-9-10-22-44(42)50(45)35-40/h1-35H. The molecule has 0 atom stereocenters. The van der Waals surface area contributed by atoms with Gasteiger partial charge in [0.05, 0.1) is 22.1 Å². The molecule has 0 saturated carbocycles. The summed E-state index contributed by atoms with van der Waals surface area (Å²) in [6.07, 6.45) is 0. The van der Waals surface area contributed by atoms with Crippen molar-refractivity contribution in [2.45, 2.75) is 0 Å². The molecule has 3 aromatic heterocycles. The van der Waals surface area contributed by atoms with Gasteiger partial charge in [-0.2, -0.15) is 9.97 Å². The molecule has 10 aromatic carbocycles. The lowest BCUT2D eigenvalue weighted by Gasteiger charge is -2.14. The lowest BCUT2D eigenvalue weighted by atomic mass is 9.94. The van der Waals surface area contributed by atoms with Crippen LogP contribution >= 0.6 is 0 Å². The van der Waals surface area contributed by atoms with Gasteiger partial charge in [-0.1, -0.05) is 176 Å². The minimum absolute atomic E-state index is 0.577. The van der Waals surface area contributed by atoms with Crippen LogP contribution in [0.5, 0.6) is 0 Å². The van der Waals surface area contributed by atoms with Crippen molar-refractivity contribution in [2.24, 2.45) is 0 Å². The Morgan fingerprint density at radius 3 is 1.16 bits per heavy atom. The quantitative estimate of drug-likeness (QED) is 0.163. The Morgan fingerprint density at radius 1 is 0.242 bits per heavy atom. The van der Waals surface area contributed by atoms with Crippen molar-refractivity contribution in [1.82, 2.24) is 24.1 Å². The Hall–Kier alpha value is -8.41. The molecule has 62 heavy (non-hydrogen) atoms. The molecule has 0 saturated heterocycles. The predicted molar refractivity (Wildman–Crippen MR) is 257 cm³/mol. The highest BCUT2D eigenvalue weighted by Gasteiger charge is 2.20. The van der Waals surface area contributed by atoms with E-state index in [4.69, 9.17) is 15.0 Å². The maximum atomic E-state index is 5.18. The molecule has 0 aliphatic carbocycles. The average molecular weight is 790 g/mol. The normalized spacial score (nSPS) is 11.9. The fourth-order valence-corrected chi connectivity index (χ4v) is 9.73. The lowest BCUT2D eigenvalue weighted by Crippen LogP contribution is -2.06. The van der Waals surface area contributed by atoms with E-state index in [2.05, 4.69) is 185 Å². The van der Waals surface area contributed by atoms with Gasteiger partial charge in [0.25, 0.3) is 0 Å². The van der Waals surface area contributed by atoms with E-state index in [9.17, 15) is 0 Å². The van der Waals surface area contributed by atoms with Crippen LogP contribution in [-0.2, 0) is 0 Å². The van der Waals surface area contributed by atoms with Crippen molar-refractivity contribution in [1.29, 1.82) is 0 Å². The molecule has 0 N–H and O–H groups in total. The predicted octanol–water partition coefficient (Wildman–Crippen LogP) is 14.5. The van der Waals surface area contributed by atoms with Crippen LogP contribution in [0.1, 0.15) is 0 Å². The Morgan fingerprint density at radius 2 is 0.629 bits per heavy atom. The molecule has 0 bridgehead atoms. The van der Waals surface area contributed by atoms with Crippen LogP contribution in [-0.4, -0.2) is 24.1 Å². The third-order valence-electron chi connectivity index (χ3n) is 12.6. The van der Waals surface area contributed by atoms with Gasteiger partial charge in [-0.05, 0) is 79.8 Å². The van der Waals surface area contributed by atoms with Gasteiger partial charge >= 0.3 is 0 Å². The lowest BCUT2D eigenvalue weighted by molar-refractivity contribution is 0.953. The Bertz CT molecular complexity index is 3830. The fourth-order valence-electron chi connectivity index (χ4n) is 9.73. The summed E-state index contributed by atoms with van der Waals surface area (Å²) in [4.78, 5) is 15.4. The van der Waals surface area contributed by atoms with Gasteiger partial charge in [0.2, 0.25) is 5.95 Å². The van der Waals surface area contributed by atoms with Gasteiger partial charge in [0, 0.05) is 38.4 Å². The third kappa shape index (κ3) is 5.25. The van der Waals surface area contributed by atoms with Crippen molar-refractivity contribution in [3.05, 3.63) is 212 Å². The molecule has 13 aromatic rings. The summed E-state index contributed by atoms with van der Waals surface area (Å²) in [5.41, 5.74) is 9.65. The topological polar surface area (TPSA) is 48.5 Å². The van der Waals surface area contributed by atoms with Crippen LogP contribution < -0.4 is 0 Å². The number of aromatic nitrogens is 5. The van der Waals surface area contributed by atoms with Crippen molar-refractivity contribution in [2.75, 3.05) is 0 Å². The summed E-state index contributed by atoms with van der Waals surface area (Å²) in [5, 5.41) is 12.3. The van der Waals surface area contributed by atoms with Gasteiger partial charge in [0.1, 0.15) is 0 Å². The number of nitrogens with zero attached hydrogens (tertiary/aromatic N) is 5. The van der Waals surface area contributed by atoms with Gasteiger partial charge < -0.3 is 4.57 Å². The van der Waals surface area contributed by atoms with E-state index in [0.29, 0.717) is 17.6 Å². The van der Waals surface area contributed by atoms with Crippen LogP contribution in [0.4, 0.5) is 0 Å². The molecule has 13 rings (SSSR count). The molecule has 0 aliphatic heterocycles. The highest BCUT2D eigenvalue weighted by Crippen LogP contribution is 2.41. The fraction of sp³-hybridized carbons (Fsp3) is 0. The van der Waals surface area contributed by atoms with E-state index >= 15 is 0 Å². The molecule has 0 spiro atoms. The molecule has 5 nitrogen and oxygen atoms in total. The first kappa shape index (κ1) is 34.5. The van der Waals surface area contributed by atoms with Crippen LogP contribution in [0.3, 0.4) is 0 Å². The molecule has 288 valence electrons. The van der Waals surface area contributed by atoms with Gasteiger partial charge in [0.15, 0.2) is 11.6 Å². The molecule has 0 radical (unpaired) electrons. The molecule has 0 aliphatic rings. The number of para-hydroxylation sites is 2. The molecule has 3 heterocycles. The van der Waals surface area contributed by atoms with Crippen LogP contribution in [0.2, 0.25) is 0 Å². The van der Waals surface area contributed by atoms with E-state index in [1.165, 1.54) is 48.6 Å². The van der Waals surface area contributed by atoms with Crippen LogP contribution in [0.25, 0.3) is 121 Å². The summed E-state index contributed by atoms with van der Waals surface area (Å²) < 4.78 is 4.64. The molecule has 0 fully saturated rings. The molecule has 0 unspecified atom stereocenters. The first-order chi connectivity index (χ1) is 30.7. The van der Waals surface area contributed by atoms with Crippen molar-refractivity contribution in [3.63, 3.8) is 0 Å². The summed E-state index contributed by atoms with van der Waals surface area (Å²) in [5.74, 6) is 1.84. The Balaban J connectivity index is 1.03. The second kappa shape index (κ2) is 13.6. The highest BCUT2D eigenvalue weighted by molar-refractivity contribution is 6.25. The zero-order chi connectivity index (χ0) is 40.7. The minimum atomic E-state index is 0.577. The third-order valence-corrected chi connectivity index (χ3v) is 12.6. The van der Waals surface area contributed by atoms with Crippen LogP contribution in [0.15, 0.2) is 212 Å². The van der Waals surface area contributed by atoms with E-state index < -0.39 is 0 Å². The first-order valence-corrected chi connectivity index (χ1v) is 21.0. The Labute approximate surface area is 356 Å². The maximum absolute atomic E-state index is 5.18. The number of rotatable bonds is 5. The van der Waals surface area contributed by atoms with E-state index in [0.717, 1.165) is 55.3 Å². The van der Waals surface area contributed by atoms with Gasteiger partial charge in [-0.25, -0.2) is 4.98 Å². The minimum Gasteiger partial charge on any atom is -0.309 e. The zero-order valence-electron chi connectivity index (χ0n) is 33.4. The monoisotopic (exact) mass is 789 g/mol. The largest absolute Gasteiger partial charge is 0.309 e. The summed E-state index contributed by atoms with van der Waals surface area (Å²) in [6, 6.07) is 75.9. The summed E-state index contributed by atoms with van der Waals surface area (Å²) in [6.45, 7) is 0. The summed E-state index contributed by atoms with van der Waals surface area (Å²) in [7, 11) is 0. The van der Waals surface area contributed by atoms with Gasteiger partial charge in [-0.3, -0.25) is 4.57 Å². The first-order valence-electron chi connectivity index (χ1n) is 21.0. The van der Waals surface area contributed by atoms with Gasteiger partial charge in [-0.15, -0.1) is 0 Å². The average Bonchev–Trinajstić information content (AvgIpc) is 3.86. The van der Waals surface area contributed by atoms with E-state index in [1.54, 1.807) is 0 Å². The SMILES string of the molecule is c1ccc(-c2nc(-c3ccccc3)nc(-n3c4ccccc4c4ccc(-c5ccc6c7ccccc7n(-c7ccc8c9ccccc9c9ccccc9c8c7)c6c5)cc43)n2)cc1. The van der Waals surface area contributed by atoms with Crippen molar-refractivity contribution in [3.8, 4) is 45.5 Å². The second-order valence-electron chi connectivity index (χ2n) is 16.0. The van der Waals surface area contributed by atoms with Crippen LogP contribution in [0, 0.1) is 0 Å². The number of hydrogen-bond acceptors (Lipinski definition) is 3. The molecular formula is C57H35N5. The maximum Gasteiger partial charge on any atom is 0.238 e. The highest BCUT2D eigenvalue weighted by atomic mass is 15.2. The van der Waals surface area contributed by atoms with E-state index in [-0.39, 0.29) is 0 Å². The number of benzene rings is 10. The number of fused-ring (bicyclic) bond motifs is 12. The van der Waals surface area contributed by atoms with Crippen molar-refractivity contribution < 1.29 is 0 Å². The molecule has 5 heteroatoms.